The highest BCUT2D eigenvalue weighted by Gasteiger charge is 2.10. The monoisotopic (exact) mass is 367 g/mol. The normalized spacial score (nSPS) is 10.0. The zero-order valence-corrected chi connectivity index (χ0v) is 14.0. The predicted octanol–water partition coefficient (Wildman–Crippen LogP) is 1.29. The highest BCUT2D eigenvalue weighted by molar-refractivity contribution is 7.99. The Balaban J connectivity index is 1.66. The zero-order valence-electron chi connectivity index (χ0n) is 12.4. The van der Waals surface area contributed by atoms with Gasteiger partial charge in [-0.15, -0.1) is 0 Å². The van der Waals surface area contributed by atoms with Crippen LogP contribution in [0.1, 0.15) is 0 Å². The second-order valence-electron chi connectivity index (χ2n) is 4.49. The van der Waals surface area contributed by atoms with E-state index in [0.29, 0.717) is 20.5 Å². The van der Waals surface area contributed by atoms with Gasteiger partial charge in [0.25, 0.3) is 10.9 Å². The number of rotatable bonds is 6. The highest BCUT2D eigenvalue weighted by atomic mass is 35.5. The Morgan fingerprint density at radius 1 is 1.12 bits per heavy atom. The van der Waals surface area contributed by atoms with Crippen LogP contribution in [0.3, 0.4) is 0 Å². The van der Waals surface area contributed by atoms with Crippen LogP contribution in [0.2, 0.25) is 5.02 Å². The van der Waals surface area contributed by atoms with Crippen molar-refractivity contribution in [2.45, 2.75) is 5.03 Å². The number of hydrazine groups is 1. The predicted molar refractivity (Wildman–Crippen MR) is 89.4 cm³/mol. The Hall–Kier alpha value is -2.45. The lowest BCUT2D eigenvalue weighted by Crippen LogP contribution is -2.44. The van der Waals surface area contributed by atoms with E-state index in [0.717, 1.165) is 11.8 Å². The molecule has 9 heteroatoms. The molecule has 126 valence electrons. The topological polar surface area (TPSA) is 94.4 Å². The number of hydrogen-bond acceptors (Lipinski definition) is 5. The van der Waals surface area contributed by atoms with Gasteiger partial charge in [-0.3, -0.25) is 20.4 Å². The average molecular weight is 368 g/mol. The largest absolute Gasteiger partial charge is 0.618 e. The molecule has 0 bridgehead atoms. The number of ether oxygens (including phenoxy) is 1. The van der Waals surface area contributed by atoms with E-state index in [9.17, 15) is 14.8 Å². The van der Waals surface area contributed by atoms with Gasteiger partial charge < -0.3 is 9.94 Å². The van der Waals surface area contributed by atoms with Crippen molar-refractivity contribution in [3.63, 3.8) is 0 Å². The molecular formula is C15H14ClN3O4S. The first-order chi connectivity index (χ1) is 11.5. The summed E-state index contributed by atoms with van der Waals surface area (Å²) in [5, 5.41) is 12.4. The molecule has 2 rings (SSSR count). The number of carbonyl (C=O) groups excluding carboxylic acids is 2. The van der Waals surface area contributed by atoms with Crippen LogP contribution in [0.5, 0.6) is 5.75 Å². The van der Waals surface area contributed by atoms with Crippen LogP contribution in [0.4, 0.5) is 0 Å². The van der Waals surface area contributed by atoms with Gasteiger partial charge in [-0.05, 0) is 42.1 Å². The summed E-state index contributed by atoms with van der Waals surface area (Å²) >= 11 is 6.80. The maximum absolute atomic E-state index is 11.6. The molecule has 24 heavy (non-hydrogen) atoms. The maximum Gasteiger partial charge on any atom is 0.276 e. The SMILES string of the molecule is O=C(COc1ccc(Cl)cc1)NNC(=O)CSc1cccc[n+]1[O-]. The van der Waals surface area contributed by atoms with Crippen molar-refractivity contribution in [1.29, 1.82) is 0 Å². The van der Waals surface area contributed by atoms with Gasteiger partial charge >= 0.3 is 0 Å². The fourth-order valence-corrected chi connectivity index (χ4v) is 2.40. The summed E-state index contributed by atoms with van der Waals surface area (Å²) in [4.78, 5) is 23.2. The van der Waals surface area contributed by atoms with Gasteiger partial charge in [-0.2, -0.15) is 4.73 Å². The van der Waals surface area contributed by atoms with Crippen molar-refractivity contribution in [2.24, 2.45) is 0 Å². The van der Waals surface area contributed by atoms with E-state index in [-0.39, 0.29) is 12.4 Å². The summed E-state index contributed by atoms with van der Waals surface area (Å²) in [5.74, 6) is -0.476. The van der Waals surface area contributed by atoms with Crippen molar-refractivity contribution >= 4 is 35.2 Å². The number of aromatic nitrogens is 1. The van der Waals surface area contributed by atoms with E-state index in [1.165, 1.54) is 6.20 Å². The molecule has 1 heterocycles. The fourth-order valence-electron chi connectivity index (χ4n) is 1.56. The summed E-state index contributed by atoms with van der Waals surface area (Å²) < 4.78 is 5.89. The lowest BCUT2D eigenvalue weighted by molar-refractivity contribution is -0.645. The standard InChI is InChI=1S/C15H14ClN3O4S/c16-11-4-6-12(7-5-11)23-9-13(20)17-18-14(21)10-24-15-3-1-2-8-19(15)22/h1-8H,9-10H2,(H,17,20)(H,18,21). The number of pyridine rings is 1. The first-order valence-electron chi connectivity index (χ1n) is 6.81. The van der Waals surface area contributed by atoms with E-state index in [2.05, 4.69) is 10.9 Å². The minimum atomic E-state index is -0.512. The molecular weight excluding hydrogens is 354 g/mol. The molecule has 2 amide bonds. The van der Waals surface area contributed by atoms with Crippen LogP contribution < -0.4 is 20.3 Å². The number of amides is 2. The van der Waals surface area contributed by atoms with Crippen molar-refractivity contribution in [2.75, 3.05) is 12.4 Å². The van der Waals surface area contributed by atoms with Crippen LogP contribution in [0.15, 0.2) is 53.7 Å². The number of carbonyl (C=O) groups is 2. The second kappa shape index (κ2) is 8.99. The van der Waals surface area contributed by atoms with E-state index in [1.54, 1.807) is 42.5 Å². The van der Waals surface area contributed by atoms with Crippen molar-refractivity contribution in [3.05, 3.63) is 58.9 Å². The number of halogens is 1. The summed E-state index contributed by atoms with van der Waals surface area (Å²) in [6.45, 7) is -0.256. The number of nitrogens with one attached hydrogen (secondary N) is 2. The van der Waals surface area contributed by atoms with Gasteiger partial charge in [0.2, 0.25) is 5.91 Å². The molecule has 0 unspecified atom stereocenters. The van der Waals surface area contributed by atoms with Crippen LogP contribution in [-0.4, -0.2) is 24.2 Å². The van der Waals surface area contributed by atoms with Crippen molar-refractivity contribution in [1.82, 2.24) is 10.9 Å². The van der Waals surface area contributed by atoms with Crippen LogP contribution in [0, 0.1) is 5.21 Å². The van der Waals surface area contributed by atoms with Gasteiger partial charge in [0.15, 0.2) is 12.8 Å². The van der Waals surface area contributed by atoms with Gasteiger partial charge in [0, 0.05) is 17.2 Å². The Morgan fingerprint density at radius 3 is 2.54 bits per heavy atom. The number of hydrogen-bond donors (Lipinski definition) is 2. The molecule has 1 aromatic carbocycles. The third-order valence-electron chi connectivity index (χ3n) is 2.66. The first kappa shape index (κ1) is 17.9. The van der Waals surface area contributed by atoms with Gasteiger partial charge in [0.05, 0.1) is 5.75 Å². The lowest BCUT2D eigenvalue weighted by atomic mass is 10.3. The summed E-state index contributed by atoms with van der Waals surface area (Å²) in [7, 11) is 0. The van der Waals surface area contributed by atoms with Gasteiger partial charge in [0.1, 0.15) is 5.75 Å². The Morgan fingerprint density at radius 2 is 1.83 bits per heavy atom. The molecule has 2 aromatic rings. The van der Waals surface area contributed by atoms with E-state index in [4.69, 9.17) is 16.3 Å². The smallest absolute Gasteiger partial charge is 0.276 e. The van der Waals surface area contributed by atoms with E-state index >= 15 is 0 Å². The Labute approximate surface area is 147 Å². The third-order valence-corrected chi connectivity index (χ3v) is 3.93. The first-order valence-corrected chi connectivity index (χ1v) is 8.18. The van der Waals surface area contributed by atoms with Crippen LogP contribution >= 0.6 is 23.4 Å². The molecule has 0 aliphatic carbocycles. The molecule has 1 aromatic heterocycles. The number of benzene rings is 1. The van der Waals surface area contributed by atoms with Crippen LogP contribution in [-0.2, 0) is 9.59 Å². The van der Waals surface area contributed by atoms with Gasteiger partial charge in [-0.25, -0.2) is 0 Å². The number of thioether (sulfide) groups is 1. The third kappa shape index (κ3) is 5.98. The minimum absolute atomic E-state index is 0.00935. The molecule has 0 spiro atoms. The van der Waals surface area contributed by atoms with Crippen molar-refractivity contribution in [3.8, 4) is 5.75 Å². The minimum Gasteiger partial charge on any atom is -0.618 e. The number of nitrogens with zero attached hydrogens (tertiary/aromatic N) is 1. The zero-order chi connectivity index (χ0) is 17.4. The molecule has 0 saturated heterocycles. The fraction of sp³-hybridized carbons (Fsp3) is 0.133. The molecule has 0 radical (unpaired) electrons. The molecule has 2 N–H and O–H groups in total. The summed E-state index contributed by atoms with van der Waals surface area (Å²) in [6.07, 6.45) is 1.34. The molecule has 0 fully saturated rings. The lowest BCUT2D eigenvalue weighted by Gasteiger charge is -2.08. The molecule has 7 nitrogen and oxygen atoms in total. The summed E-state index contributed by atoms with van der Waals surface area (Å²) in [5.41, 5.74) is 4.47. The van der Waals surface area contributed by atoms with Crippen molar-refractivity contribution < 1.29 is 19.1 Å². The Bertz CT molecular complexity index is 712. The molecule has 0 aliphatic rings. The molecule has 0 aliphatic heterocycles. The van der Waals surface area contributed by atoms with Crippen LogP contribution in [0.25, 0.3) is 0 Å². The molecule has 0 saturated carbocycles. The molecule has 0 atom stereocenters. The average Bonchev–Trinajstić information content (AvgIpc) is 2.58. The second-order valence-corrected chi connectivity index (χ2v) is 5.92. The highest BCUT2D eigenvalue weighted by Crippen LogP contribution is 2.15. The van der Waals surface area contributed by atoms with Gasteiger partial charge in [-0.1, -0.05) is 11.6 Å². The maximum atomic E-state index is 11.6. The summed E-state index contributed by atoms with van der Waals surface area (Å²) in [6, 6.07) is 11.4. The quantitative estimate of drug-likeness (QED) is 0.347. The Kier molecular flexibility index (Phi) is 6.71. The van der Waals surface area contributed by atoms with E-state index in [1.807, 2.05) is 0 Å². The van der Waals surface area contributed by atoms with E-state index < -0.39 is 11.8 Å².